The summed E-state index contributed by atoms with van der Waals surface area (Å²) in [7, 11) is -3.23. The third-order valence-corrected chi connectivity index (χ3v) is 20.9. The van der Waals surface area contributed by atoms with Gasteiger partial charge in [-0.15, -0.1) is 0 Å². The summed E-state index contributed by atoms with van der Waals surface area (Å²) in [5, 5.41) is 0.585. The van der Waals surface area contributed by atoms with Gasteiger partial charge in [0.25, 0.3) is 0 Å². The van der Waals surface area contributed by atoms with Crippen LogP contribution in [0.3, 0.4) is 0 Å². The molecule has 5 nitrogen and oxygen atoms in total. The molecule has 0 aromatic heterocycles. The molecule has 0 N–H and O–H groups in total. The van der Waals surface area contributed by atoms with Crippen LogP contribution in [0, 0.1) is 5.41 Å². The number of hydrogen-bond acceptors (Lipinski definition) is 5. The summed E-state index contributed by atoms with van der Waals surface area (Å²) in [5.41, 5.74) is -0.189. The second-order valence-corrected chi connectivity index (χ2v) is 27.1. The number of hydrogen-bond donors (Lipinski definition) is 0. The van der Waals surface area contributed by atoms with Crippen molar-refractivity contribution in [1.29, 1.82) is 0 Å². The first-order valence-electron chi connectivity index (χ1n) is 18.7. The molecule has 3 rings (SSSR count). The minimum Gasteiger partial charge on any atom is -0.462 e. The van der Waals surface area contributed by atoms with Crippen LogP contribution in [0.15, 0.2) is 0 Å². The maximum absolute atomic E-state index is 13.5. The number of unbranched alkanes of at least 4 members (excludes halogenated alkanes) is 10. The number of rotatable bonds is 22. The van der Waals surface area contributed by atoms with Crippen LogP contribution in [-0.2, 0) is 18.4 Å². The molecule has 3 saturated heterocycles. The predicted molar refractivity (Wildman–Crippen MR) is 194 cm³/mol. The summed E-state index contributed by atoms with van der Waals surface area (Å²) in [6, 6.07) is 0. The van der Waals surface area contributed by atoms with E-state index in [-0.39, 0.29) is 17.5 Å². The highest BCUT2D eigenvalue weighted by Gasteiger charge is 2.47. The zero-order valence-electron chi connectivity index (χ0n) is 31.2. The fourth-order valence-corrected chi connectivity index (χ4v) is 8.30. The third-order valence-electron chi connectivity index (χ3n) is 11.8. The van der Waals surface area contributed by atoms with Crippen LogP contribution < -0.4 is 0 Å². The molecule has 0 atom stereocenters. The minimum absolute atomic E-state index is 0.104. The van der Waals surface area contributed by atoms with Gasteiger partial charge in [-0.05, 0) is 114 Å². The molecule has 0 aromatic carbocycles. The van der Waals surface area contributed by atoms with Gasteiger partial charge < -0.3 is 18.5 Å². The number of esters is 1. The first kappa shape index (κ1) is 40.0. The zero-order valence-corrected chi connectivity index (χ0v) is 33.2. The average Bonchev–Trinajstić information content (AvgIpc) is 2.94. The summed E-state index contributed by atoms with van der Waals surface area (Å²) < 4.78 is 19.1. The van der Waals surface area contributed by atoms with Gasteiger partial charge in [-0.25, -0.2) is 0 Å². The van der Waals surface area contributed by atoms with Crippen LogP contribution in [0.5, 0.6) is 0 Å². The second kappa shape index (κ2) is 18.4. The Hall–Kier alpha value is -0.216. The van der Waals surface area contributed by atoms with Crippen molar-refractivity contribution in [3.63, 3.8) is 0 Å². The van der Waals surface area contributed by atoms with Crippen molar-refractivity contribution in [2.24, 2.45) is 5.41 Å². The highest BCUT2D eigenvalue weighted by Crippen LogP contribution is 2.42. The highest BCUT2D eigenvalue weighted by atomic mass is 28.4. The van der Waals surface area contributed by atoms with E-state index in [1.54, 1.807) is 0 Å². The maximum Gasteiger partial charge on any atom is 0.312 e. The summed E-state index contributed by atoms with van der Waals surface area (Å²) in [6.45, 7) is 28.3. The number of carbonyl (C=O) groups excluding carboxylic acids is 1. The van der Waals surface area contributed by atoms with Gasteiger partial charge in [-0.2, -0.15) is 0 Å². The fraction of sp³-hybridized carbons (Fsp3) is 0.973. The van der Waals surface area contributed by atoms with E-state index in [1.165, 1.54) is 77.0 Å². The molecule has 44 heavy (non-hydrogen) atoms. The number of ether oxygens (including phenoxy) is 1. The van der Waals surface area contributed by atoms with E-state index in [2.05, 4.69) is 72.6 Å². The lowest BCUT2D eigenvalue weighted by Gasteiger charge is -2.46. The Balaban J connectivity index is 1.66. The number of piperidine rings is 3. The highest BCUT2D eigenvalue weighted by molar-refractivity contribution is 6.74. The van der Waals surface area contributed by atoms with E-state index >= 15 is 0 Å². The number of fused-ring (bicyclic) bond motifs is 3. The molecule has 2 bridgehead atoms. The van der Waals surface area contributed by atoms with E-state index < -0.39 is 16.6 Å². The van der Waals surface area contributed by atoms with Crippen LogP contribution in [0.4, 0.5) is 0 Å². The fourth-order valence-electron chi connectivity index (χ4n) is 6.12. The van der Waals surface area contributed by atoms with Gasteiger partial charge in [0, 0.05) is 13.2 Å². The molecule has 3 aliphatic rings. The van der Waals surface area contributed by atoms with Gasteiger partial charge in [0.05, 0.1) is 5.41 Å². The van der Waals surface area contributed by atoms with Crippen molar-refractivity contribution in [2.45, 2.75) is 193 Å². The Morgan fingerprint density at radius 3 is 1.32 bits per heavy atom. The first-order valence-corrected chi connectivity index (χ1v) is 24.5. The quantitative estimate of drug-likeness (QED) is 0.0661. The third kappa shape index (κ3) is 13.5. The Labute approximate surface area is 276 Å². The molecule has 0 aliphatic carbocycles. The lowest BCUT2D eigenvalue weighted by atomic mass is 9.72. The van der Waals surface area contributed by atoms with E-state index in [4.69, 9.17) is 13.6 Å². The Morgan fingerprint density at radius 2 is 0.955 bits per heavy atom. The van der Waals surface area contributed by atoms with E-state index in [0.29, 0.717) is 10.1 Å². The van der Waals surface area contributed by atoms with Crippen molar-refractivity contribution in [3.05, 3.63) is 0 Å². The first-order chi connectivity index (χ1) is 20.5. The topological polar surface area (TPSA) is 48.0 Å². The van der Waals surface area contributed by atoms with Crippen LogP contribution in [0.2, 0.25) is 36.3 Å². The number of nitrogens with zero attached hydrogens (tertiary/aromatic N) is 1. The van der Waals surface area contributed by atoms with Gasteiger partial charge in [0.15, 0.2) is 16.6 Å². The normalized spacial score (nSPS) is 21.3. The smallest absolute Gasteiger partial charge is 0.312 e. The largest absolute Gasteiger partial charge is 0.462 e. The van der Waals surface area contributed by atoms with Gasteiger partial charge in [0.1, 0.15) is 6.10 Å². The zero-order chi connectivity index (χ0) is 32.9. The number of carbonyl (C=O) groups is 1. The molecule has 0 unspecified atom stereocenters. The molecule has 0 amide bonds. The van der Waals surface area contributed by atoms with Crippen molar-refractivity contribution < 1.29 is 18.4 Å². The molecule has 0 aromatic rings. The minimum atomic E-state index is -1.62. The SMILES string of the molecule is CC(C)(C)[Si](C)(C)OCCCCCCCCC(CCCCCCCCO[Si](C)(C)C(C)(C)C)OC(=O)C12CCN(CC1)CC2. The molecule has 3 aliphatic heterocycles. The molecule has 3 fully saturated rings. The lowest BCUT2D eigenvalue weighted by molar-refractivity contribution is -0.170. The van der Waals surface area contributed by atoms with Crippen LogP contribution in [0.25, 0.3) is 0 Å². The summed E-state index contributed by atoms with van der Waals surface area (Å²) in [4.78, 5) is 16.0. The van der Waals surface area contributed by atoms with E-state index in [0.717, 1.165) is 65.0 Å². The standard InChI is InChI=1S/C37H75NO4Si2/c1-35(2,3)43(7,8)40-31-21-17-13-11-15-19-23-33(42-34(39)37-25-28-38(29-26-37)30-27-37)24-20-16-12-14-18-22-32-41-44(9,10)36(4,5)6/h33H,11-32H2,1-10H3. The average molecular weight is 654 g/mol. The van der Waals surface area contributed by atoms with E-state index in [1.807, 2.05) is 0 Å². The molecule has 0 radical (unpaired) electrons. The van der Waals surface area contributed by atoms with Crippen molar-refractivity contribution in [3.8, 4) is 0 Å². The predicted octanol–water partition coefficient (Wildman–Crippen LogP) is 10.9. The van der Waals surface area contributed by atoms with Gasteiger partial charge >= 0.3 is 5.97 Å². The summed E-state index contributed by atoms with van der Waals surface area (Å²) in [5.74, 6) is 0.130. The monoisotopic (exact) mass is 654 g/mol. The molecule has 7 heteroatoms. The second-order valence-electron chi connectivity index (χ2n) is 17.4. The lowest BCUT2D eigenvalue weighted by Crippen LogP contribution is -2.52. The molecular formula is C37H75NO4Si2. The van der Waals surface area contributed by atoms with Gasteiger partial charge in [-0.3, -0.25) is 4.79 Å². The van der Waals surface area contributed by atoms with Crippen LogP contribution in [-0.4, -0.2) is 66.5 Å². The Morgan fingerprint density at radius 1 is 0.614 bits per heavy atom. The van der Waals surface area contributed by atoms with E-state index in [9.17, 15) is 4.79 Å². The van der Waals surface area contributed by atoms with Crippen LogP contribution in [0.1, 0.15) is 151 Å². The van der Waals surface area contributed by atoms with Gasteiger partial charge in [0.2, 0.25) is 0 Å². The van der Waals surface area contributed by atoms with Crippen molar-refractivity contribution in [1.82, 2.24) is 4.90 Å². The molecule has 3 heterocycles. The Bertz CT molecular complexity index is 752. The van der Waals surface area contributed by atoms with Crippen molar-refractivity contribution >= 4 is 22.6 Å². The Kier molecular flexibility index (Phi) is 16.7. The molecular weight excluding hydrogens is 579 g/mol. The summed E-state index contributed by atoms with van der Waals surface area (Å²) >= 11 is 0. The van der Waals surface area contributed by atoms with Crippen LogP contribution >= 0.6 is 0 Å². The molecule has 260 valence electrons. The molecule has 0 saturated carbocycles. The summed E-state index contributed by atoms with van der Waals surface area (Å²) in [6.07, 6.45) is 20.0. The van der Waals surface area contributed by atoms with Gasteiger partial charge in [-0.1, -0.05) is 92.9 Å². The maximum atomic E-state index is 13.5. The molecule has 0 spiro atoms. The van der Waals surface area contributed by atoms with Crippen molar-refractivity contribution in [2.75, 3.05) is 32.8 Å².